The largest absolute Gasteiger partial charge is 0.306 e. The third kappa shape index (κ3) is 2.51. The normalized spacial score (nSPS) is 28.0. The number of hydrogen-bond acceptors (Lipinski definition) is 3. The Morgan fingerprint density at radius 3 is 3.11 bits per heavy atom. The fourth-order valence-electron chi connectivity index (χ4n) is 3.57. The molecule has 1 aromatic rings. The first-order valence-corrected chi connectivity index (χ1v) is 7.28. The minimum Gasteiger partial charge on any atom is -0.306 e. The topological polar surface area (TPSA) is 39.1 Å². The van der Waals surface area contributed by atoms with Gasteiger partial charge >= 0.3 is 0 Å². The lowest BCUT2D eigenvalue weighted by atomic mass is 10.0. The number of fused-ring (bicyclic) bond motifs is 1. The van der Waals surface area contributed by atoms with Gasteiger partial charge in [-0.1, -0.05) is 12.1 Å². The van der Waals surface area contributed by atoms with Crippen molar-refractivity contribution < 1.29 is 0 Å². The molecular formula is C16H21N3. The zero-order chi connectivity index (χ0) is 13.2. The highest BCUT2D eigenvalue weighted by atomic mass is 15.2. The summed E-state index contributed by atoms with van der Waals surface area (Å²) in [6, 6.07) is 11.8. The zero-order valence-corrected chi connectivity index (χ0v) is 11.5. The standard InChI is InChI=1S/C16H21N3/c1-12(14-5-2-4-13(10-14)11-17)18-15-7-9-19-8-3-6-16(15)19/h2,4-5,10,12,15-16,18H,3,6-9H2,1H3. The van der Waals surface area contributed by atoms with Crippen molar-refractivity contribution in [1.29, 1.82) is 5.26 Å². The Bertz CT molecular complexity index is 491. The van der Waals surface area contributed by atoms with Gasteiger partial charge in [0.1, 0.15) is 0 Å². The highest BCUT2D eigenvalue weighted by Gasteiger charge is 2.37. The molecule has 0 bridgehead atoms. The molecule has 2 saturated heterocycles. The van der Waals surface area contributed by atoms with E-state index in [-0.39, 0.29) is 0 Å². The van der Waals surface area contributed by atoms with Gasteiger partial charge in [0, 0.05) is 24.7 Å². The van der Waals surface area contributed by atoms with Gasteiger partial charge in [-0.3, -0.25) is 4.90 Å². The van der Waals surface area contributed by atoms with E-state index in [0.717, 1.165) is 11.6 Å². The average molecular weight is 255 g/mol. The fraction of sp³-hybridized carbons (Fsp3) is 0.562. The molecule has 2 aliphatic heterocycles. The van der Waals surface area contributed by atoms with Crippen LogP contribution in [0.1, 0.15) is 43.4 Å². The molecule has 2 fully saturated rings. The molecule has 0 aromatic heterocycles. The SMILES string of the molecule is CC(NC1CCN2CCCC12)c1cccc(C#N)c1. The molecule has 3 rings (SSSR count). The third-order valence-corrected chi connectivity index (χ3v) is 4.59. The lowest BCUT2D eigenvalue weighted by molar-refractivity contribution is 0.291. The molecule has 0 amide bonds. The van der Waals surface area contributed by atoms with Crippen LogP contribution < -0.4 is 5.32 Å². The maximum atomic E-state index is 8.97. The Balaban J connectivity index is 1.67. The van der Waals surface area contributed by atoms with E-state index in [4.69, 9.17) is 5.26 Å². The van der Waals surface area contributed by atoms with Crippen LogP contribution in [0.3, 0.4) is 0 Å². The van der Waals surface area contributed by atoms with E-state index in [1.807, 2.05) is 18.2 Å². The van der Waals surface area contributed by atoms with Crippen LogP contribution in [-0.4, -0.2) is 30.1 Å². The predicted octanol–water partition coefficient (Wildman–Crippen LogP) is 2.45. The summed E-state index contributed by atoms with van der Waals surface area (Å²) >= 11 is 0. The summed E-state index contributed by atoms with van der Waals surface area (Å²) in [6.45, 7) is 4.72. The number of nitriles is 1. The summed E-state index contributed by atoms with van der Waals surface area (Å²) in [6.07, 6.45) is 3.94. The number of rotatable bonds is 3. The van der Waals surface area contributed by atoms with Crippen molar-refractivity contribution in [2.75, 3.05) is 13.1 Å². The van der Waals surface area contributed by atoms with Crippen LogP contribution >= 0.6 is 0 Å². The molecule has 0 aliphatic carbocycles. The highest BCUT2D eigenvalue weighted by molar-refractivity contribution is 5.34. The summed E-state index contributed by atoms with van der Waals surface area (Å²) in [4.78, 5) is 2.62. The van der Waals surface area contributed by atoms with Crippen molar-refractivity contribution >= 4 is 0 Å². The predicted molar refractivity (Wildman–Crippen MR) is 75.7 cm³/mol. The van der Waals surface area contributed by atoms with Crippen molar-refractivity contribution in [3.8, 4) is 6.07 Å². The quantitative estimate of drug-likeness (QED) is 0.901. The summed E-state index contributed by atoms with van der Waals surface area (Å²) in [5, 5.41) is 12.7. The molecule has 0 radical (unpaired) electrons. The minimum absolute atomic E-state index is 0.318. The number of nitrogens with zero attached hydrogens (tertiary/aromatic N) is 2. The fourth-order valence-corrected chi connectivity index (χ4v) is 3.57. The molecule has 3 atom stereocenters. The first kappa shape index (κ1) is 12.7. The van der Waals surface area contributed by atoms with Gasteiger partial charge in [0.15, 0.2) is 0 Å². The van der Waals surface area contributed by atoms with E-state index >= 15 is 0 Å². The smallest absolute Gasteiger partial charge is 0.0991 e. The molecule has 2 heterocycles. The molecular weight excluding hydrogens is 234 g/mol. The van der Waals surface area contributed by atoms with Gasteiger partial charge in [-0.25, -0.2) is 0 Å². The first-order valence-electron chi connectivity index (χ1n) is 7.28. The molecule has 1 aromatic carbocycles. The van der Waals surface area contributed by atoms with Gasteiger partial charge in [-0.05, 0) is 50.4 Å². The van der Waals surface area contributed by atoms with Crippen molar-refractivity contribution in [2.45, 2.75) is 44.3 Å². The van der Waals surface area contributed by atoms with Crippen LogP contribution in [0.2, 0.25) is 0 Å². The van der Waals surface area contributed by atoms with E-state index in [1.165, 1.54) is 37.9 Å². The van der Waals surface area contributed by atoms with Gasteiger partial charge < -0.3 is 5.32 Å². The van der Waals surface area contributed by atoms with Crippen LogP contribution in [0.4, 0.5) is 0 Å². The van der Waals surface area contributed by atoms with Crippen LogP contribution in [0, 0.1) is 11.3 Å². The van der Waals surface area contributed by atoms with Crippen molar-refractivity contribution in [3.05, 3.63) is 35.4 Å². The summed E-state index contributed by atoms with van der Waals surface area (Å²) in [7, 11) is 0. The van der Waals surface area contributed by atoms with Crippen LogP contribution in [0.25, 0.3) is 0 Å². The average Bonchev–Trinajstić information content (AvgIpc) is 3.04. The zero-order valence-electron chi connectivity index (χ0n) is 11.5. The Kier molecular flexibility index (Phi) is 3.54. The summed E-state index contributed by atoms with van der Waals surface area (Å²) in [5.41, 5.74) is 1.97. The Morgan fingerprint density at radius 2 is 2.26 bits per heavy atom. The van der Waals surface area contributed by atoms with Crippen molar-refractivity contribution in [3.63, 3.8) is 0 Å². The van der Waals surface area contributed by atoms with Gasteiger partial charge in [0.2, 0.25) is 0 Å². The maximum Gasteiger partial charge on any atom is 0.0991 e. The van der Waals surface area contributed by atoms with Gasteiger partial charge in [-0.2, -0.15) is 5.26 Å². The molecule has 3 nitrogen and oxygen atoms in total. The van der Waals surface area contributed by atoms with Gasteiger partial charge in [-0.15, -0.1) is 0 Å². The van der Waals surface area contributed by atoms with E-state index < -0.39 is 0 Å². The van der Waals surface area contributed by atoms with Crippen molar-refractivity contribution in [1.82, 2.24) is 10.2 Å². The lowest BCUT2D eigenvalue weighted by Gasteiger charge is -2.25. The highest BCUT2D eigenvalue weighted by Crippen LogP contribution is 2.29. The molecule has 1 N–H and O–H groups in total. The molecule has 3 heteroatoms. The second kappa shape index (κ2) is 5.32. The van der Waals surface area contributed by atoms with E-state index in [9.17, 15) is 0 Å². The number of hydrogen-bond donors (Lipinski definition) is 1. The second-order valence-corrected chi connectivity index (χ2v) is 5.77. The molecule has 2 aliphatic rings. The maximum absolute atomic E-state index is 8.97. The van der Waals surface area contributed by atoms with Crippen LogP contribution in [-0.2, 0) is 0 Å². The number of nitrogens with one attached hydrogen (secondary N) is 1. The summed E-state index contributed by atoms with van der Waals surface area (Å²) in [5.74, 6) is 0. The first-order chi connectivity index (χ1) is 9.28. The van der Waals surface area contributed by atoms with E-state index in [0.29, 0.717) is 12.1 Å². The molecule has 3 unspecified atom stereocenters. The van der Waals surface area contributed by atoms with E-state index in [1.54, 1.807) is 0 Å². The third-order valence-electron chi connectivity index (χ3n) is 4.59. The second-order valence-electron chi connectivity index (χ2n) is 5.77. The summed E-state index contributed by atoms with van der Waals surface area (Å²) < 4.78 is 0. The Hall–Kier alpha value is -1.37. The molecule has 100 valence electrons. The van der Waals surface area contributed by atoms with Crippen molar-refractivity contribution in [2.24, 2.45) is 0 Å². The van der Waals surface area contributed by atoms with Crippen LogP contribution in [0.5, 0.6) is 0 Å². The molecule has 0 saturated carbocycles. The minimum atomic E-state index is 0.318. The van der Waals surface area contributed by atoms with Gasteiger partial charge in [0.05, 0.1) is 11.6 Å². The monoisotopic (exact) mass is 255 g/mol. The lowest BCUT2D eigenvalue weighted by Crippen LogP contribution is -2.40. The number of benzene rings is 1. The van der Waals surface area contributed by atoms with Gasteiger partial charge in [0.25, 0.3) is 0 Å². The van der Waals surface area contributed by atoms with Crippen LogP contribution in [0.15, 0.2) is 24.3 Å². The Labute approximate surface area is 115 Å². The molecule has 19 heavy (non-hydrogen) atoms. The molecule has 0 spiro atoms. The van der Waals surface area contributed by atoms with E-state index in [2.05, 4.69) is 29.3 Å². The Morgan fingerprint density at radius 1 is 1.37 bits per heavy atom.